The van der Waals surface area contributed by atoms with Crippen LogP contribution in [0.15, 0.2) is 30.6 Å². The number of rotatable bonds is 5. The number of nitrogen functional groups attached to an aromatic ring is 1. The first kappa shape index (κ1) is 15.4. The summed E-state index contributed by atoms with van der Waals surface area (Å²) in [5, 5.41) is 9.62. The van der Waals surface area contributed by atoms with Gasteiger partial charge in [0, 0.05) is 18.3 Å². The van der Waals surface area contributed by atoms with Crippen molar-refractivity contribution in [3.05, 3.63) is 36.2 Å². The van der Waals surface area contributed by atoms with Crippen LogP contribution >= 0.6 is 0 Å². The predicted octanol–water partition coefficient (Wildman–Crippen LogP) is 1.57. The van der Waals surface area contributed by atoms with Crippen LogP contribution in [0.2, 0.25) is 0 Å². The maximum absolute atomic E-state index is 7.68. The summed E-state index contributed by atoms with van der Waals surface area (Å²) in [6.07, 6.45) is 5.88. The molecule has 120 valence electrons. The summed E-state index contributed by atoms with van der Waals surface area (Å²) in [5.74, 6) is 1.62. The van der Waals surface area contributed by atoms with Crippen LogP contribution < -0.4 is 15.8 Å². The van der Waals surface area contributed by atoms with Crippen molar-refractivity contribution in [2.24, 2.45) is 0 Å². The number of nitrogens with two attached hydrogens (primary N) is 2. The molecule has 1 aromatic carbocycles. The zero-order valence-electron chi connectivity index (χ0n) is 12.7. The first-order valence-corrected chi connectivity index (χ1v) is 7.61. The molecule has 0 spiro atoms. The average Bonchev–Trinajstić information content (AvgIpc) is 2.58. The molecule has 2 heterocycles. The van der Waals surface area contributed by atoms with Crippen LogP contribution in [0.5, 0.6) is 11.6 Å². The summed E-state index contributed by atoms with van der Waals surface area (Å²) in [4.78, 5) is 8.41. The monoisotopic (exact) mass is 314 g/mol. The summed E-state index contributed by atoms with van der Waals surface area (Å²) < 4.78 is 11.5. The quantitative estimate of drug-likeness (QED) is 0.573. The number of aromatic nitrogens is 2. The standard InChI is InChI=1S/C16H19N5O2/c17-9-13-15(21-14-3-1-2-8-22-14)19-10-20-16(13)23-12-6-4-11(18)5-7-12/h4-7,9-10,14,17H,1-3,8,18H2,(H,19,20,21)/p+1. The van der Waals surface area contributed by atoms with Crippen molar-refractivity contribution in [2.75, 3.05) is 12.3 Å². The Bertz CT molecular complexity index is 669. The number of hydrogen-bond acceptors (Lipinski definition) is 6. The van der Waals surface area contributed by atoms with E-state index in [1.165, 1.54) is 12.5 Å². The van der Waals surface area contributed by atoms with Gasteiger partial charge in [0.2, 0.25) is 11.7 Å². The molecular weight excluding hydrogens is 294 g/mol. The maximum Gasteiger partial charge on any atom is 0.242 e. The van der Waals surface area contributed by atoms with Crippen LogP contribution in [0.1, 0.15) is 24.8 Å². The Labute approximate surface area is 134 Å². The molecule has 3 rings (SSSR count). The molecule has 0 bridgehead atoms. The van der Waals surface area contributed by atoms with Gasteiger partial charge in [-0.25, -0.2) is 4.98 Å². The van der Waals surface area contributed by atoms with Crippen LogP contribution in [0, 0.1) is 5.41 Å². The van der Waals surface area contributed by atoms with Gasteiger partial charge in [-0.2, -0.15) is 4.98 Å². The number of anilines is 1. The van der Waals surface area contributed by atoms with Crippen molar-refractivity contribution in [3.8, 4) is 11.6 Å². The highest BCUT2D eigenvalue weighted by molar-refractivity contribution is 5.84. The second kappa shape index (κ2) is 7.17. The van der Waals surface area contributed by atoms with Gasteiger partial charge >= 0.3 is 0 Å². The van der Waals surface area contributed by atoms with Crippen molar-refractivity contribution in [1.29, 1.82) is 5.41 Å². The van der Waals surface area contributed by atoms with E-state index in [0.29, 0.717) is 28.7 Å². The smallest absolute Gasteiger partial charge is 0.242 e. The van der Waals surface area contributed by atoms with Crippen molar-refractivity contribution >= 4 is 17.7 Å². The zero-order valence-corrected chi connectivity index (χ0v) is 12.7. The number of nitrogens with one attached hydrogen (secondary N) is 1. The van der Waals surface area contributed by atoms with E-state index in [1.807, 2.05) is 5.32 Å². The van der Waals surface area contributed by atoms with Crippen molar-refractivity contribution in [1.82, 2.24) is 9.97 Å². The molecule has 0 radical (unpaired) electrons. The van der Waals surface area contributed by atoms with E-state index in [1.54, 1.807) is 24.3 Å². The number of nitrogens with zero attached hydrogens (tertiary/aromatic N) is 2. The minimum atomic E-state index is 0.0294. The molecule has 7 heteroatoms. The van der Waals surface area contributed by atoms with Gasteiger partial charge in [0.05, 0.1) is 6.61 Å². The summed E-state index contributed by atoms with van der Waals surface area (Å²) in [6, 6.07) is 7.03. The maximum atomic E-state index is 7.68. The van der Waals surface area contributed by atoms with E-state index < -0.39 is 0 Å². The zero-order chi connectivity index (χ0) is 16.1. The molecule has 1 fully saturated rings. The van der Waals surface area contributed by atoms with Crippen molar-refractivity contribution < 1.29 is 14.8 Å². The fraction of sp³-hybridized carbons (Fsp3) is 0.312. The summed E-state index contributed by atoms with van der Waals surface area (Å²) in [6.45, 7) is 0.765. The molecule has 23 heavy (non-hydrogen) atoms. The fourth-order valence-electron chi connectivity index (χ4n) is 2.46. The Morgan fingerprint density at radius 1 is 1.26 bits per heavy atom. The lowest BCUT2D eigenvalue weighted by Gasteiger charge is -2.20. The van der Waals surface area contributed by atoms with Gasteiger partial charge in [0.1, 0.15) is 17.6 Å². The van der Waals surface area contributed by atoms with E-state index in [9.17, 15) is 0 Å². The Kier molecular flexibility index (Phi) is 4.80. The molecule has 0 aliphatic carbocycles. The average molecular weight is 314 g/mol. The first-order chi connectivity index (χ1) is 11.3. The van der Waals surface area contributed by atoms with E-state index in [0.717, 1.165) is 25.9 Å². The summed E-state index contributed by atoms with van der Waals surface area (Å²) >= 11 is 0. The molecule has 1 unspecified atom stereocenters. The number of hydrogen-bond donors (Lipinski definition) is 3. The van der Waals surface area contributed by atoms with Gasteiger partial charge in [0.15, 0.2) is 6.23 Å². The van der Waals surface area contributed by atoms with E-state index in [2.05, 4.69) is 9.97 Å². The highest BCUT2D eigenvalue weighted by Crippen LogP contribution is 2.24. The Balaban J connectivity index is 1.81. The van der Waals surface area contributed by atoms with Crippen LogP contribution in [-0.2, 0) is 4.74 Å². The molecule has 1 aliphatic rings. The highest BCUT2D eigenvalue weighted by Gasteiger charge is 2.22. The Hall–Kier alpha value is -2.51. The molecule has 1 saturated heterocycles. The summed E-state index contributed by atoms with van der Waals surface area (Å²) in [7, 11) is 0. The third-order valence-corrected chi connectivity index (χ3v) is 3.68. The largest absolute Gasteiger partial charge is 0.438 e. The van der Waals surface area contributed by atoms with Gasteiger partial charge in [-0.3, -0.25) is 5.32 Å². The van der Waals surface area contributed by atoms with Crippen LogP contribution in [-0.4, -0.2) is 29.0 Å². The van der Waals surface area contributed by atoms with Gasteiger partial charge in [-0.1, -0.05) is 0 Å². The van der Waals surface area contributed by atoms with Crippen LogP contribution in [0.4, 0.5) is 11.5 Å². The molecule has 5 N–H and O–H groups in total. The number of quaternary nitrogens is 1. The Morgan fingerprint density at radius 2 is 2.09 bits per heavy atom. The lowest BCUT2D eigenvalue weighted by atomic mass is 10.2. The minimum absolute atomic E-state index is 0.0294. The van der Waals surface area contributed by atoms with E-state index in [-0.39, 0.29) is 6.23 Å². The van der Waals surface area contributed by atoms with Gasteiger partial charge in [-0.15, -0.1) is 0 Å². The molecule has 1 aliphatic heterocycles. The molecule has 7 nitrogen and oxygen atoms in total. The van der Waals surface area contributed by atoms with Gasteiger partial charge in [-0.05, 0) is 37.1 Å². The first-order valence-electron chi connectivity index (χ1n) is 7.61. The van der Waals surface area contributed by atoms with Gasteiger partial charge < -0.3 is 20.6 Å². The lowest BCUT2D eigenvalue weighted by molar-refractivity contribution is -0.663. The molecule has 1 atom stereocenters. The third kappa shape index (κ3) is 3.82. The molecule has 0 saturated carbocycles. The van der Waals surface area contributed by atoms with Crippen molar-refractivity contribution in [3.63, 3.8) is 0 Å². The van der Waals surface area contributed by atoms with Crippen molar-refractivity contribution in [2.45, 2.75) is 25.5 Å². The number of ether oxygens (including phenoxy) is 2. The second-order valence-corrected chi connectivity index (χ2v) is 5.36. The normalized spacial score (nSPS) is 17.7. The lowest BCUT2D eigenvalue weighted by Crippen LogP contribution is -2.86. The van der Waals surface area contributed by atoms with Crippen LogP contribution in [0.25, 0.3) is 0 Å². The molecule has 2 aromatic rings. The van der Waals surface area contributed by atoms with E-state index >= 15 is 0 Å². The van der Waals surface area contributed by atoms with Crippen LogP contribution in [0.3, 0.4) is 0 Å². The highest BCUT2D eigenvalue weighted by atomic mass is 16.5. The fourth-order valence-corrected chi connectivity index (χ4v) is 2.46. The SMILES string of the molecule is N=Cc1c([NH2+]C2CCCCO2)ncnc1Oc1ccc(N)cc1. The van der Waals surface area contributed by atoms with E-state index in [4.69, 9.17) is 20.6 Å². The molecular formula is C16H20N5O2+. The summed E-state index contributed by atoms with van der Waals surface area (Å²) in [5.41, 5.74) is 6.87. The topological polar surface area (TPSA) is 111 Å². The minimum Gasteiger partial charge on any atom is -0.438 e. The predicted molar refractivity (Wildman–Crippen MR) is 86.0 cm³/mol. The number of benzene rings is 1. The molecule has 1 aromatic heterocycles. The molecule has 0 amide bonds. The van der Waals surface area contributed by atoms with Gasteiger partial charge in [0.25, 0.3) is 0 Å². The second-order valence-electron chi connectivity index (χ2n) is 5.36. The third-order valence-electron chi connectivity index (χ3n) is 3.68. The Morgan fingerprint density at radius 3 is 2.78 bits per heavy atom.